The van der Waals surface area contributed by atoms with E-state index in [1.54, 1.807) is 0 Å². The highest BCUT2D eigenvalue weighted by Crippen LogP contribution is 2.34. The molecule has 2 rings (SSSR count). The van der Waals surface area contributed by atoms with Gasteiger partial charge in [-0.3, -0.25) is 0 Å². The molecule has 0 aromatic rings. The van der Waals surface area contributed by atoms with Gasteiger partial charge in [0.05, 0.1) is 0 Å². The molecule has 0 amide bonds. The van der Waals surface area contributed by atoms with E-state index in [2.05, 4.69) is 24.1 Å². The Bertz CT molecular complexity index is 206. The highest BCUT2D eigenvalue weighted by molar-refractivity contribution is 6.09. The van der Waals surface area contributed by atoms with Gasteiger partial charge in [-0.15, -0.1) is 0 Å². The van der Waals surface area contributed by atoms with Gasteiger partial charge in [-0.2, -0.15) is 10.2 Å². The molecule has 11 heavy (non-hydrogen) atoms. The van der Waals surface area contributed by atoms with Crippen molar-refractivity contribution in [1.82, 2.24) is 0 Å². The normalized spacial score (nSPS) is 23.9. The maximum absolute atomic E-state index is 4.20. The smallest absolute Gasteiger partial charge is 0.0493 e. The van der Waals surface area contributed by atoms with Crippen molar-refractivity contribution < 1.29 is 0 Å². The molecule has 0 atom stereocenters. The van der Waals surface area contributed by atoms with E-state index < -0.39 is 0 Å². The van der Waals surface area contributed by atoms with Gasteiger partial charge in [-0.25, -0.2) is 0 Å². The van der Waals surface area contributed by atoms with Crippen LogP contribution in [0.5, 0.6) is 0 Å². The van der Waals surface area contributed by atoms with Gasteiger partial charge in [0, 0.05) is 17.8 Å². The Labute approximate surface area is 67.4 Å². The molecule has 2 aliphatic rings. The zero-order valence-corrected chi connectivity index (χ0v) is 7.17. The van der Waals surface area contributed by atoms with Crippen LogP contribution in [0.1, 0.15) is 33.1 Å². The van der Waals surface area contributed by atoms with Crippen molar-refractivity contribution in [3.05, 3.63) is 0 Å². The van der Waals surface area contributed by atoms with Gasteiger partial charge in [0.1, 0.15) is 0 Å². The van der Waals surface area contributed by atoms with Gasteiger partial charge in [-0.1, -0.05) is 13.8 Å². The van der Waals surface area contributed by atoms with Crippen molar-refractivity contribution in [3.63, 3.8) is 0 Å². The van der Waals surface area contributed by atoms with Gasteiger partial charge in [0.15, 0.2) is 0 Å². The summed E-state index contributed by atoms with van der Waals surface area (Å²) < 4.78 is 0. The van der Waals surface area contributed by atoms with Crippen LogP contribution in [0, 0.1) is 11.8 Å². The molecule has 1 heterocycles. The van der Waals surface area contributed by atoms with Gasteiger partial charge in [-0.05, 0) is 24.7 Å². The fraction of sp³-hybridized carbons (Fsp3) is 0.778. The summed E-state index contributed by atoms with van der Waals surface area (Å²) in [6.45, 7) is 4.37. The molecule has 60 valence electrons. The Kier molecular flexibility index (Phi) is 1.55. The van der Waals surface area contributed by atoms with E-state index in [4.69, 9.17) is 0 Å². The predicted octanol–water partition coefficient (Wildman–Crippen LogP) is 2.25. The molecule has 2 heteroatoms. The van der Waals surface area contributed by atoms with Crippen molar-refractivity contribution in [2.45, 2.75) is 33.1 Å². The van der Waals surface area contributed by atoms with E-state index in [1.807, 2.05) is 0 Å². The van der Waals surface area contributed by atoms with E-state index in [-0.39, 0.29) is 0 Å². The van der Waals surface area contributed by atoms with Crippen LogP contribution in [0.25, 0.3) is 0 Å². The average molecular weight is 150 g/mol. The first-order chi connectivity index (χ1) is 5.27. The summed E-state index contributed by atoms with van der Waals surface area (Å²) in [7, 11) is 0. The fourth-order valence-corrected chi connectivity index (χ4v) is 1.35. The zero-order chi connectivity index (χ0) is 7.84. The third-order valence-corrected chi connectivity index (χ3v) is 2.38. The Morgan fingerprint density at radius 1 is 1.27 bits per heavy atom. The first-order valence-electron chi connectivity index (χ1n) is 4.40. The van der Waals surface area contributed by atoms with Crippen molar-refractivity contribution in [3.8, 4) is 0 Å². The van der Waals surface area contributed by atoms with Crippen molar-refractivity contribution in [2.75, 3.05) is 0 Å². The summed E-state index contributed by atoms with van der Waals surface area (Å²) in [5.74, 6) is 1.38. The zero-order valence-electron chi connectivity index (χ0n) is 7.17. The van der Waals surface area contributed by atoms with Crippen LogP contribution in [0.15, 0.2) is 10.2 Å². The van der Waals surface area contributed by atoms with Crippen molar-refractivity contribution in [2.24, 2.45) is 22.0 Å². The minimum Gasteiger partial charge on any atom is -0.159 e. The Balaban J connectivity index is 1.96. The molecule has 0 radical (unpaired) electrons. The molecule has 0 spiro atoms. The molecule has 0 aromatic carbocycles. The quantitative estimate of drug-likeness (QED) is 0.577. The second-order valence-electron chi connectivity index (χ2n) is 3.79. The SMILES string of the molecule is CC(C)C1=NN=C(C2CC2)C1. The molecule has 0 aromatic heterocycles. The minimum atomic E-state index is 0.579. The third kappa shape index (κ3) is 1.35. The lowest BCUT2D eigenvalue weighted by Gasteiger charge is -2.01. The lowest BCUT2D eigenvalue weighted by atomic mass is 10.0. The first kappa shape index (κ1) is 7.01. The Morgan fingerprint density at radius 3 is 2.45 bits per heavy atom. The molecule has 1 aliphatic heterocycles. The van der Waals surface area contributed by atoms with Crippen LogP contribution in [0.4, 0.5) is 0 Å². The summed E-state index contributed by atoms with van der Waals surface area (Å²) in [6, 6.07) is 0. The van der Waals surface area contributed by atoms with E-state index >= 15 is 0 Å². The number of rotatable bonds is 2. The molecular formula is C9H14N2. The van der Waals surface area contributed by atoms with Crippen molar-refractivity contribution >= 4 is 11.4 Å². The van der Waals surface area contributed by atoms with Gasteiger partial charge in [0.25, 0.3) is 0 Å². The summed E-state index contributed by atoms with van der Waals surface area (Å²) >= 11 is 0. The van der Waals surface area contributed by atoms with E-state index in [1.165, 1.54) is 24.3 Å². The minimum absolute atomic E-state index is 0.579. The van der Waals surface area contributed by atoms with Gasteiger partial charge in [0.2, 0.25) is 0 Å². The predicted molar refractivity (Wildman–Crippen MR) is 47.0 cm³/mol. The van der Waals surface area contributed by atoms with Crippen LogP contribution in [0.2, 0.25) is 0 Å². The lowest BCUT2D eigenvalue weighted by molar-refractivity contribution is 0.870. The Hall–Kier alpha value is -0.660. The molecule has 0 unspecified atom stereocenters. The molecule has 2 nitrogen and oxygen atoms in total. The number of hydrogen-bond acceptors (Lipinski definition) is 2. The second-order valence-corrected chi connectivity index (χ2v) is 3.79. The highest BCUT2D eigenvalue weighted by Gasteiger charge is 2.30. The van der Waals surface area contributed by atoms with Crippen LogP contribution >= 0.6 is 0 Å². The standard InChI is InChI=1S/C9H14N2/c1-6(2)8-5-9(11-10-8)7-3-4-7/h6-7H,3-5H2,1-2H3. The van der Waals surface area contributed by atoms with Crippen LogP contribution < -0.4 is 0 Å². The third-order valence-electron chi connectivity index (χ3n) is 2.38. The van der Waals surface area contributed by atoms with Crippen LogP contribution in [-0.2, 0) is 0 Å². The van der Waals surface area contributed by atoms with Crippen LogP contribution in [0.3, 0.4) is 0 Å². The summed E-state index contributed by atoms with van der Waals surface area (Å²) in [5, 5.41) is 8.39. The van der Waals surface area contributed by atoms with Gasteiger partial charge < -0.3 is 0 Å². The maximum Gasteiger partial charge on any atom is 0.0493 e. The fourth-order valence-electron chi connectivity index (χ4n) is 1.35. The highest BCUT2D eigenvalue weighted by atomic mass is 15.2. The first-order valence-corrected chi connectivity index (χ1v) is 4.40. The molecule has 1 aliphatic carbocycles. The molecule has 0 N–H and O–H groups in total. The molecule has 0 saturated heterocycles. The maximum atomic E-state index is 4.20. The van der Waals surface area contributed by atoms with Crippen molar-refractivity contribution in [1.29, 1.82) is 0 Å². The molecular weight excluding hydrogens is 136 g/mol. The summed E-state index contributed by atoms with van der Waals surface area (Å²) in [4.78, 5) is 0. The van der Waals surface area contributed by atoms with E-state index in [0.717, 1.165) is 12.3 Å². The lowest BCUT2D eigenvalue weighted by Crippen LogP contribution is -2.09. The second kappa shape index (κ2) is 2.43. The number of hydrogen-bond donors (Lipinski definition) is 0. The molecule has 0 bridgehead atoms. The summed E-state index contributed by atoms with van der Waals surface area (Å²) in [6.07, 6.45) is 3.75. The van der Waals surface area contributed by atoms with Gasteiger partial charge >= 0.3 is 0 Å². The number of nitrogens with zero attached hydrogens (tertiary/aromatic N) is 2. The Morgan fingerprint density at radius 2 is 2.00 bits per heavy atom. The largest absolute Gasteiger partial charge is 0.159 e. The monoisotopic (exact) mass is 150 g/mol. The average Bonchev–Trinajstić information content (AvgIpc) is 2.68. The van der Waals surface area contributed by atoms with E-state index in [9.17, 15) is 0 Å². The van der Waals surface area contributed by atoms with E-state index in [0.29, 0.717) is 5.92 Å². The molecule has 1 saturated carbocycles. The molecule has 1 fully saturated rings. The topological polar surface area (TPSA) is 24.7 Å². The van der Waals surface area contributed by atoms with Crippen LogP contribution in [-0.4, -0.2) is 11.4 Å². The summed E-state index contributed by atoms with van der Waals surface area (Å²) in [5.41, 5.74) is 2.61.